The van der Waals surface area contributed by atoms with Crippen molar-refractivity contribution < 1.29 is 9.53 Å². The van der Waals surface area contributed by atoms with E-state index in [2.05, 4.69) is 35.3 Å². The molecule has 0 bridgehead atoms. The topological polar surface area (TPSA) is 54.3 Å². The van der Waals surface area contributed by atoms with Crippen LogP contribution in [0.5, 0.6) is 5.75 Å². The van der Waals surface area contributed by atoms with Crippen LogP contribution in [0.3, 0.4) is 0 Å². The maximum Gasteiger partial charge on any atom is 0.258 e. The van der Waals surface area contributed by atoms with Gasteiger partial charge < -0.3 is 4.74 Å². The summed E-state index contributed by atoms with van der Waals surface area (Å²) in [5.74, 6) is 1.09. The highest BCUT2D eigenvalue weighted by molar-refractivity contribution is 8.14. The highest BCUT2D eigenvalue weighted by Gasteiger charge is 2.34. The first kappa shape index (κ1) is 17.9. The number of aliphatic imine (C=N–C) groups is 1. The van der Waals surface area contributed by atoms with Crippen molar-refractivity contribution in [2.75, 3.05) is 12.9 Å². The molecule has 0 N–H and O–H groups in total. The van der Waals surface area contributed by atoms with Crippen LogP contribution in [0.1, 0.15) is 23.6 Å². The van der Waals surface area contributed by atoms with Gasteiger partial charge in [0.25, 0.3) is 5.91 Å². The fourth-order valence-electron chi connectivity index (χ4n) is 3.73. The Hall–Kier alpha value is -3.12. The fraction of sp³-hybridized carbons (Fsp3) is 0.174. The van der Waals surface area contributed by atoms with Gasteiger partial charge >= 0.3 is 0 Å². The SMILES string of the molecule is COc1ccc(C2=NN(C3=NC(=O)CS3)C(c3ccc4ccccc4c3)C2)cc1. The quantitative estimate of drug-likeness (QED) is 0.642. The van der Waals surface area contributed by atoms with Crippen LogP contribution >= 0.6 is 11.8 Å². The number of nitrogens with zero attached hydrogens (tertiary/aromatic N) is 3. The largest absolute Gasteiger partial charge is 0.497 e. The zero-order chi connectivity index (χ0) is 19.8. The Morgan fingerprint density at radius 1 is 1.03 bits per heavy atom. The molecule has 0 saturated carbocycles. The lowest BCUT2D eigenvalue weighted by Crippen LogP contribution is -2.23. The van der Waals surface area contributed by atoms with Gasteiger partial charge in [-0.2, -0.15) is 10.1 Å². The Balaban J connectivity index is 1.54. The van der Waals surface area contributed by atoms with Crippen LogP contribution in [0, 0.1) is 0 Å². The smallest absolute Gasteiger partial charge is 0.258 e. The molecule has 2 aliphatic heterocycles. The monoisotopic (exact) mass is 401 g/mol. The molecule has 1 atom stereocenters. The number of benzene rings is 3. The normalized spacial score (nSPS) is 18.9. The summed E-state index contributed by atoms with van der Waals surface area (Å²) < 4.78 is 5.27. The van der Waals surface area contributed by atoms with Crippen molar-refractivity contribution >= 4 is 39.3 Å². The summed E-state index contributed by atoms with van der Waals surface area (Å²) in [6, 6.07) is 22.8. The van der Waals surface area contributed by atoms with Crippen LogP contribution in [0.2, 0.25) is 0 Å². The van der Waals surface area contributed by atoms with Gasteiger partial charge in [-0.25, -0.2) is 5.01 Å². The Labute approximate surface area is 173 Å². The standard InChI is InChI=1S/C23H19N3O2S/c1-28-19-10-8-16(9-11-19)20-13-21(26(25-20)23-24-22(27)14-29-23)18-7-6-15-4-2-3-5-17(15)12-18/h2-12,21H,13-14H2,1H3. The van der Waals surface area contributed by atoms with Crippen molar-refractivity contribution in [2.45, 2.75) is 12.5 Å². The second-order valence-electron chi connectivity index (χ2n) is 7.02. The molecular formula is C23H19N3O2S. The highest BCUT2D eigenvalue weighted by atomic mass is 32.2. The molecule has 2 aliphatic rings. The first-order valence-corrected chi connectivity index (χ1v) is 10.4. The minimum Gasteiger partial charge on any atom is -0.497 e. The summed E-state index contributed by atoms with van der Waals surface area (Å²) >= 11 is 1.45. The maximum absolute atomic E-state index is 11.8. The number of carbonyl (C=O) groups is 1. The van der Waals surface area contributed by atoms with E-state index in [4.69, 9.17) is 9.84 Å². The molecule has 29 heavy (non-hydrogen) atoms. The Kier molecular flexibility index (Phi) is 4.56. The summed E-state index contributed by atoms with van der Waals surface area (Å²) in [5, 5.41) is 9.87. The molecule has 0 saturated heterocycles. The van der Waals surface area contributed by atoms with Crippen LogP contribution in [-0.2, 0) is 4.79 Å². The molecule has 0 fully saturated rings. The van der Waals surface area contributed by atoms with Gasteiger partial charge in [-0.15, -0.1) is 0 Å². The zero-order valence-electron chi connectivity index (χ0n) is 15.9. The van der Waals surface area contributed by atoms with E-state index in [1.54, 1.807) is 7.11 Å². The van der Waals surface area contributed by atoms with Gasteiger partial charge in [-0.05, 0) is 52.2 Å². The number of fused-ring (bicyclic) bond motifs is 1. The average Bonchev–Trinajstić information content (AvgIpc) is 3.40. The molecule has 2 heterocycles. The molecule has 5 rings (SSSR count). The molecule has 6 heteroatoms. The number of rotatable bonds is 3. The second-order valence-corrected chi connectivity index (χ2v) is 7.97. The minimum atomic E-state index is -0.102. The number of methoxy groups -OCH3 is 1. The Bertz CT molecular complexity index is 1150. The van der Waals surface area contributed by atoms with Crippen molar-refractivity contribution in [3.8, 4) is 5.75 Å². The molecule has 144 valence electrons. The Morgan fingerprint density at radius 3 is 2.55 bits per heavy atom. The van der Waals surface area contributed by atoms with Crippen LogP contribution in [-0.4, -0.2) is 34.7 Å². The van der Waals surface area contributed by atoms with E-state index < -0.39 is 0 Å². The number of amidine groups is 1. The van der Waals surface area contributed by atoms with E-state index in [0.717, 1.165) is 23.4 Å². The van der Waals surface area contributed by atoms with Gasteiger partial charge in [0.2, 0.25) is 0 Å². The van der Waals surface area contributed by atoms with Gasteiger partial charge in [0.05, 0.1) is 24.6 Å². The molecule has 3 aromatic carbocycles. The summed E-state index contributed by atoms with van der Waals surface area (Å²) in [6.07, 6.45) is 0.748. The molecule has 0 aliphatic carbocycles. The highest BCUT2D eigenvalue weighted by Crippen LogP contribution is 2.37. The van der Waals surface area contributed by atoms with Gasteiger partial charge in [0.15, 0.2) is 5.17 Å². The third-order valence-corrected chi connectivity index (χ3v) is 6.16. The number of carbonyl (C=O) groups excluding carboxylic acids is 1. The van der Waals surface area contributed by atoms with E-state index in [1.165, 1.54) is 28.1 Å². The van der Waals surface area contributed by atoms with E-state index in [0.29, 0.717) is 10.9 Å². The van der Waals surface area contributed by atoms with Gasteiger partial charge in [0.1, 0.15) is 5.75 Å². The lowest BCUT2D eigenvalue weighted by atomic mass is 9.96. The van der Waals surface area contributed by atoms with Gasteiger partial charge in [-0.3, -0.25) is 4.79 Å². The number of hydrazone groups is 1. The van der Waals surface area contributed by atoms with Gasteiger partial charge in [-0.1, -0.05) is 48.2 Å². The Morgan fingerprint density at radius 2 is 1.83 bits per heavy atom. The molecule has 3 aromatic rings. The first-order chi connectivity index (χ1) is 14.2. The van der Waals surface area contributed by atoms with Crippen molar-refractivity contribution in [1.29, 1.82) is 0 Å². The lowest BCUT2D eigenvalue weighted by Gasteiger charge is -2.23. The molecule has 0 radical (unpaired) electrons. The second kappa shape index (κ2) is 7.37. The van der Waals surface area contributed by atoms with Crippen molar-refractivity contribution in [2.24, 2.45) is 10.1 Å². The molecular weight excluding hydrogens is 382 g/mol. The lowest BCUT2D eigenvalue weighted by molar-refractivity contribution is -0.115. The van der Waals surface area contributed by atoms with E-state index in [-0.39, 0.29) is 11.9 Å². The maximum atomic E-state index is 11.8. The van der Waals surface area contributed by atoms with Crippen LogP contribution in [0.25, 0.3) is 10.8 Å². The molecule has 1 amide bonds. The summed E-state index contributed by atoms with van der Waals surface area (Å²) in [7, 11) is 1.66. The van der Waals surface area contributed by atoms with Gasteiger partial charge in [0, 0.05) is 6.42 Å². The van der Waals surface area contributed by atoms with E-state index in [9.17, 15) is 4.79 Å². The summed E-state index contributed by atoms with van der Waals surface area (Å²) in [5.41, 5.74) is 3.20. The number of amides is 1. The fourth-order valence-corrected chi connectivity index (χ4v) is 4.52. The molecule has 5 nitrogen and oxygen atoms in total. The van der Waals surface area contributed by atoms with Crippen LogP contribution in [0.4, 0.5) is 0 Å². The third kappa shape index (κ3) is 3.40. The van der Waals surface area contributed by atoms with Crippen molar-refractivity contribution in [3.05, 3.63) is 77.9 Å². The molecule has 1 unspecified atom stereocenters. The number of hydrogen-bond acceptors (Lipinski definition) is 5. The van der Waals surface area contributed by atoms with Crippen LogP contribution < -0.4 is 4.74 Å². The number of thioether (sulfide) groups is 1. The van der Waals surface area contributed by atoms with E-state index >= 15 is 0 Å². The summed E-state index contributed by atoms with van der Waals surface area (Å²) in [4.78, 5) is 16.0. The molecule has 0 spiro atoms. The van der Waals surface area contributed by atoms with E-state index in [1.807, 2.05) is 41.4 Å². The predicted octanol–water partition coefficient (Wildman–Crippen LogP) is 4.63. The average molecular weight is 401 g/mol. The predicted molar refractivity (Wildman–Crippen MR) is 118 cm³/mol. The summed E-state index contributed by atoms with van der Waals surface area (Å²) in [6.45, 7) is 0. The third-order valence-electron chi connectivity index (χ3n) is 5.23. The van der Waals surface area contributed by atoms with Crippen LogP contribution in [0.15, 0.2) is 76.8 Å². The van der Waals surface area contributed by atoms with Crippen molar-refractivity contribution in [3.63, 3.8) is 0 Å². The molecule has 0 aromatic heterocycles. The van der Waals surface area contributed by atoms with Crippen molar-refractivity contribution in [1.82, 2.24) is 5.01 Å². The number of ether oxygens (including phenoxy) is 1. The zero-order valence-corrected chi connectivity index (χ0v) is 16.7. The first-order valence-electron chi connectivity index (χ1n) is 9.45. The number of hydrogen-bond donors (Lipinski definition) is 0. The minimum absolute atomic E-state index is 0.00820.